The molecule has 0 unspecified atom stereocenters. The zero-order valence-corrected chi connectivity index (χ0v) is 17.6. The van der Waals surface area contributed by atoms with Gasteiger partial charge in [0, 0.05) is 49.3 Å². The molecule has 1 amide bonds. The van der Waals surface area contributed by atoms with Gasteiger partial charge in [-0.25, -0.2) is 4.79 Å². The Balaban J connectivity index is 1.46. The molecule has 0 saturated carbocycles. The third-order valence-electron chi connectivity index (χ3n) is 4.81. The van der Waals surface area contributed by atoms with Gasteiger partial charge < -0.3 is 9.73 Å². The summed E-state index contributed by atoms with van der Waals surface area (Å²) in [7, 11) is 0. The summed E-state index contributed by atoms with van der Waals surface area (Å²) < 4.78 is 5.27. The fourth-order valence-corrected chi connectivity index (χ4v) is 6.01. The Labute approximate surface area is 179 Å². The van der Waals surface area contributed by atoms with Gasteiger partial charge in [-0.1, -0.05) is 17.7 Å². The topological polar surface area (TPSA) is 59.3 Å². The maximum Gasteiger partial charge on any atom is 0.336 e. The van der Waals surface area contributed by atoms with Crippen molar-refractivity contribution in [2.75, 3.05) is 5.32 Å². The van der Waals surface area contributed by atoms with Crippen molar-refractivity contribution in [1.29, 1.82) is 0 Å². The molecule has 0 fully saturated rings. The van der Waals surface area contributed by atoms with E-state index in [1.807, 2.05) is 43.3 Å². The van der Waals surface area contributed by atoms with Gasteiger partial charge in [-0.3, -0.25) is 4.79 Å². The Morgan fingerprint density at radius 1 is 1.14 bits per heavy atom. The lowest BCUT2D eigenvalue weighted by Gasteiger charge is -2.15. The Morgan fingerprint density at radius 2 is 2.00 bits per heavy atom. The molecule has 2 aromatic carbocycles. The Bertz CT molecular complexity index is 1360. The summed E-state index contributed by atoms with van der Waals surface area (Å²) in [5.74, 6) is 0.631. The number of hydrogen-bond donors (Lipinski definition) is 1. The molecule has 1 aliphatic rings. The monoisotopic (exact) mass is 439 g/mol. The maximum absolute atomic E-state index is 12.8. The molecule has 0 spiro atoms. The van der Waals surface area contributed by atoms with E-state index in [0.717, 1.165) is 37.6 Å². The van der Waals surface area contributed by atoms with Crippen molar-refractivity contribution in [2.24, 2.45) is 0 Å². The SMILES string of the molecule is Cc1cc(=O)oc2cc(NC(=O)c3cc4c(s3)-c3ccc(Cl)cc3SC4)ccc12. The van der Waals surface area contributed by atoms with E-state index in [9.17, 15) is 9.59 Å². The van der Waals surface area contributed by atoms with Crippen LogP contribution in [0.1, 0.15) is 20.8 Å². The lowest BCUT2D eigenvalue weighted by molar-refractivity contribution is 0.103. The van der Waals surface area contributed by atoms with Crippen LogP contribution >= 0.6 is 34.7 Å². The highest BCUT2D eigenvalue weighted by Crippen LogP contribution is 2.46. The summed E-state index contributed by atoms with van der Waals surface area (Å²) >= 11 is 9.31. The number of thioether (sulfide) groups is 1. The summed E-state index contributed by atoms with van der Waals surface area (Å²) in [5, 5.41) is 4.48. The highest BCUT2D eigenvalue weighted by Gasteiger charge is 2.22. The molecule has 144 valence electrons. The van der Waals surface area contributed by atoms with E-state index in [2.05, 4.69) is 5.32 Å². The van der Waals surface area contributed by atoms with Crippen molar-refractivity contribution < 1.29 is 9.21 Å². The van der Waals surface area contributed by atoms with Crippen molar-refractivity contribution in [3.8, 4) is 10.4 Å². The first kappa shape index (κ1) is 18.5. The summed E-state index contributed by atoms with van der Waals surface area (Å²) in [6.07, 6.45) is 0. The zero-order valence-electron chi connectivity index (χ0n) is 15.2. The van der Waals surface area contributed by atoms with Crippen molar-refractivity contribution in [2.45, 2.75) is 17.6 Å². The fraction of sp³-hybridized carbons (Fsp3) is 0.0909. The minimum absolute atomic E-state index is 0.181. The quantitative estimate of drug-likeness (QED) is 0.370. The molecule has 7 heteroatoms. The van der Waals surface area contributed by atoms with E-state index in [4.69, 9.17) is 16.0 Å². The van der Waals surface area contributed by atoms with Gasteiger partial charge in [0.25, 0.3) is 5.91 Å². The number of hydrogen-bond acceptors (Lipinski definition) is 5. The minimum Gasteiger partial charge on any atom is -0.423 e. The van der Waals surface area contributed by atoms with Gasteiger partial charge in [-0.15, -0.1) is 23.1 Å². The van der Waals surface area contributed by atoms with Gasteiger partial charge >= 0.3 is 5.63 Å². The first-order valence-electron chi connectivity index (χ1n) is 8.89. The smallest absolute Gasteiger partial charge is 0.336 e. The molecule has 29 heavy (non-hydrogen) atoms. The molecule has 1 N–H and O–H groups in total. The second-order valence-corrected chi connectivity index (χ2v) is 9.31. The molecule has 0 atom stereocenters. The molecular weight excluding hydrogens is 426 g/mol. The van der Waals surface area contributed by atoms with Crippen LogP contribution < -0.4 is 10.9 Å². The number of fused-ring (bicyclic) bond motifs is 4. The number of halogens is 1. The number of aryl methyl sites for hydroxylation is 1. The average molecular weight is 440 g/mol. The standard InChI is InChI=1S/C22H14ClNO3S2/c1-11-6-20(25)27-17-9-14(3-5-15(11)17)24-22(26)19-7-12-10-28-18-8-13(23)2-4-16(18)21(12)29-19/h2-9H,10H2,1H3,(H,24,26). The molecule has 0 radical (unpaired) electrons. The lowest BCUT2D eigenvalue weighted by Crippen LogP contribution is -2.10. The largest absolute Gasteiger partial charge is 0.423 e. The first-order valence-corrected chi connectivity index (χ1v) is 11.1. The van der Waals surface area contributed by atoms with E-state index < -0.39 is 5.63 Å². The van der Waals surface area contributed by atoms with Crippen LogP contribution in [0.25, 0.3) is 21.4 Å². The number of anilines is 1. The molecule has 4 aromatic rings. The normalized spacial score (nSPS) is 12.5. The van der Waals surface area contributed by atoms with Crippen molar-refractivity contribution in [3.63, 3.8) is 0 Å². The fourth-order valence-electron chi connectivity index (χ4n) is 3.43. The number of thiophene rings is 1. The number of nitrogens with one attached hydrogen (secondary N) is 1. The number of amides is 1. The highest BCUT2D eigenvalue weighted by molar-refractivity contribution is 7.98. The third kappa shape index (κ3) is 3.37. The molecule has 1 aliphatic heterocycles. The number of rotatable bonds is 2. The Hall–Kier alpha value is -2.54. The van der Waals surface area contributed by atoms with Crippen LogP contribution in [0.5, 0.6) is 0 Å². The van der Waals surface area contributed by atoms with Gasteiger partial charge in [0.1, 0.15) is 5.58 Å². The molecule has 0 aliphatic carbocycles. The summed E-state index contributed by atoms with van der Waals surface area (Å²) in [4.78, 5) is 27.4. The summed E-state index contributed by atoms with van der Waals surface area (Å²) in [6, 6.07) is 14.6. The van der Waals surface area contributed by atoms with E-state index in [-0.39, 0.29) is 5.91 Å². The summed E-state index contributed by atoms with van der Waals surface area (Å²) in [6.45, 7) is 1.86. The number of carbonyl (C=O) groups excluding carboxylic acids is 1. The number of benzene rings is 2. The van der Waals surface area contributed by atoms with Crippen LogP contribution in [0.15, 0.2) is 62.6 Å². The Morgan fingerprint density at radius 3 is 2.86 bits per heavy atom. The molecule has 5 rings (SSSR count). The maximum atomic E-state index is 12.8. The van der Waals surface area contributed by atoms with E-state index in [1.54, 1.807) is 17.8 Å². The predicted octanol–water partition coefficient (Wildman–Crippen LogP) is 6.34. The zero-order chi connectivity index (χ0) is 20.1. The van der Waals surface area contributed by atoms with Crippen LogP contribution in [0.4, 0.5) is 5.69 Å². The van der Waals surface area contributed by atoms with Gasteiger partial charge in [0.05, 0.1) is 4.88 Å². The van der Waals surface area contributed by atoms with Crippen LogP contribution in [0.3, 0.4) is 0 Å². The first-order chi connectivity index (χ1) is 14.0. The molecule has 4 nitrogen and oxygen atoms in total. The van der Waals surface area contributed by atoms with Crippen molar-refractivity contribution >= 4 is 57.3 Å². The second kappa shape index (κ2) is 7.06. The van der Waals surface area contributed by atoms with Crippen molar-refractivity contribution in [3.05, 3.63) is 80.0 Å². The second-order valence-electron chi connectivity index (χ2n) is 6.81. The number of carbonyl (C=O) groups is 1. The lowest BCUT2D eigenvalue weighted by atomic mass is 10.1. The van der Waals surface area contributed by atoms with Crippen LogP contribution in [0, 0.1) is 6.92 Å². The van der Waals surface area contributed by atoms with E-state index in [0.29, 0.717) is 21.2 Å². The molecule has 3 heterocycles. The van der Waals surface area contributed by atoms with Crippen LogP contribution in [-0.4, -0.2) is 5.91 Å². The molecule has 0 saturated heterocycles. The van der Waals surface area contributed by atoms with Gasteiger partial charge in [0.15, 0.2) is 0 Å². The van der Waals surface area contributed by atoms with Gasteiger partial charge in [-0.05, 0) is 48.4 Å². The average Bonchev–Trinajstić information content (AvgIpc) is 3.12. The highest BCUT2D eigenvalue weighted by atomic mass is 35.5. The van der Waals surface area contributed by atoms with Gasteiger partial charge in [0.2, 0.25) is 0 Å². The molecule has 0 bridgehead atoms. The van der Waals surface area contributed by atoms with E-state index >= 15 is 0 Å². The predicted molar refractivity (Wildman–Crippen MR) is 120 cm³/mol. The minimum atomic E-state index is -0.402. The molecule has 2 aromatic heterocycles. The molecular formula is C22H14ClNO3S2. The van der Waals surface area contributed by atoms with E-state index in [1.165, 1.54) is 17.4 Å². The van der Waals surface area contributed by atoms with Gasteiger partial charge in [-0.2, -0.15) is 0 Å². The Kier molecular flexibility index (Phi) is 4.50. The summed E-state index contributed by atoms with van der Waals surface area (Å²) in [5.41, 5.74) is 3.76. The van der Waals surface area contributed by atoms with Crippen molar-refractivity contribution in [1.82, 2.24) is 0 Å². The third-order valence-corrected chi connectivity index (χ3v) is 7.36. The van der Waals surface area contributed by atoms with Crippen LogP contribution in [-0.2, 0) is 5.75 Å². The van der Waals surface area contributed by atoms with Crippen LogP contribution in [0.2, 0.25) is 5.02 Å².